The quantitative estimate of drug-likeness (QED) is 0.00918. The first-order valence-corrected chi connectivity index (χ1v) is 45.6. The fourth-order valence-corrected chi connectivity index (χ4v) is 18.7. The van der Waals surface area contributed by atoms with Gasteiger partial charge < -0.3 is 63.4 Å². The molecule has 5 aliphatic rings. The highest BCUT2D eigenvalue weighted by atomic mass is 19.1. The molecule has 1 aliphatic carbocycles. The van der Waals surface area contributed by atoms with E-state index in [0.29, 0.717) is 107 Å². The molecule has 11 aromatic carbocycles. The van der Waals surface area contributed by atoms with Crippen LogP contribution in [0.25, 0.3) is 27.6 Å². The Balaban J connectivity index is 0.000000154. The minimum atomic E-state index is -0.866. The number of nitrogens with one attached hydrogen (secondary N) is 7. The lowest BCUT2D eigenvalue weighted by Crippen LogP contribution is -2.53. The van der Waals surface area contributed by atoms with Crippen molar-refractivity contribution in [3.63, 3.8) is 0 Å². The highest BCUT2D eigenvalue weighted by Gasteiger charge is 2.40. The number of rotatable bonds is 29. The number of hydrogen-bond donors (Lipinski definition) is 9. The lowest BCUT2D eigenvalue weighted by Gasteiger charge is -2.34. The molecule has 4 unspecified atom stereocenters. The van der Waals surface area contributed by atoms with Gasteiger partial charge in [0.15, 0.2) is 11.8 Å². The van der Waals surface area contributed by atoms with Crippen LogP contribution in [0.4, 0.5) is 4.39 Å². The zero-order chi connectivity index (χ0) is 87.9. The summed E-state index contributed by atoms with van der Waals surface area (Å²) in [6.45, 7) is 7.18. The number of hydrogen-bond acceptors (Lipinski definition) is 11. The van der Waals surface area contributed by atoms with Crippen molar-refractivity contribution in [3.05, 3.63) is 353 Å². The third-order valence-electron chi connectivity index (χ3n) is 25.7. The van der Waals surface area contributed by atoms with Gasteiger partial charge in [0, 0.05) is 112 Å². The molecule has 4 saturated heterocycles. The zero-order valence-electron chi connectivity index (χ0n) is 72.7. The van der Waals surface area contributed by atoms with Crippen LogP contribution in [0.1, 0.15) is 161 Å². The third-order valence-corrected chi connectivity index (χ3v) is 25.7. The van der Waals surface area contributed by atoms with Crippen LogP contribution in [-0.4, -0.2) is 171 Å². The summed E-state index contributed by atoms with van der Waals surface area (Å²) in [5.41, 5.74) is 20.0. The first-order chi connectivity index (χ1) is 62.2. The number of fused-ring (bicyclic) bond motifs is 2. The summed E-state index contributed by atoms with van der Waals surface area (Å²) in [4.78, 5) is 91.4. The molecule has 0 aromatic heterocycles. The van der Waals surface area contributed by atoms with E-state index in [1.807, 2.05) is 144 Å². The fourth-order valence-electron chi connectivity index (χ4n) is 18.7. The summed E-state index contributed by atoms with van der Waals surface area (Å²) in [5, 5.41) is 27.7. The van der Waals surface area contributed by atoms with Crippen molar-refractivity contribution in [1.29, 1.82) is 0 Å². The van der Waals surface area contributed by atoms with E-state index in [9.17, 15) is 33.2 Å². The number of guanidine groups is 1. The van der Waals surface area contributed by atoms with Gasteiger partial charge in [-0.3, -0.25) is 33.8 Å². The molecule has 0 bridgehead atoms. The Morgan fingerprint density at radius 2 is 0.787 bits per heavy atom. The minimum Gasteiger partial charge on any atom is -0.370 e. The Kier molecular flexibility index (Phi) is 33.4. The second kappa shape index (κ2) is 46.7. The first kappa shape index (κ1) is 90.8. The Morgan fingerprint density at radius 3 is 1.21 bits per heavy atom. The molecule has 11 N–H and O–H groups in total. The van der Waals surface area contributed by atoms with Gasteiger partial charge in [-0.15, -0.1) is 0 Å². The number of aliphatic imine (C=N–C) groups is 1. The van der Waals surface area contributed by atoms with E-state index in [4.69, 9.17) is 11.5 Å². The maximum absolute atomic E-state index is 14.6. The number of piperidine rings is 1. The van der Waals surface area contributed by atoms with Gasteiger partial charge in [0.1, 0.15) is 0 Å². The molecule has 1 saturated carbocycles. The van der Waals surface area contributed by atoms with Crippen molar-refractivity contribution < 1.29 is 33.2 Å². The number of nitrogens with two attached hydrogens (primary N) is 2. The van der Waals surface area contributed by atoms with Crippen LogP contribution in [0.5, 0.6) is 0 Å². The molecule has 6 amide bonds. The molecule has 19 nitrogen and oxygen atoms in total. The van der Waals surface area contributed by atoms with Crippen molar-refractivity contribution in [2.24, 2.45) is 28.3 Å². The molecule has 20 heteroatoms. The van der Waals surface area contributed by atoms with Crippen LogP contribution >= 0.6 is 0 Å². The highest BCUT2D eigenvalue weighted by molar-refractivity contribution is 6.00. The SMILES string of the molecule is NC(N)=NCCC[C@@H]1N[C@H](CNC(=O)/C(F)=C/c2ccccc2)CCN(CC(c2ccccc2)c2ccccc2)C1=O.O=C(NCC1CCN(CC(c2ccccc2)c2ccccc2)C(=O)C(C2CCCCC2)N1)c1ccc2ccccc2c1.O=C(NCC1CCN(CC(c2ccccc2)c2ccccc2)C(=O)C(CC2CCNCC2)N1)c1ccc2ccccc2c1. The average Bonchev–Trinajstić information content (AvgIpc) is 1.77. The maximum Gasteiger partial charge on any atom is 0.280 e. The molecule has 11 aromatic rings. The predicted molar refractivity (Wildman–Crippen MR) is 508 cm³/mol. The van der Waals surface area contributed by atoms with Crippen LogP contribution in [0, 0.1) is 11.8 Å². The molecule has 0 spiro atoms. The monoisotopic (exact) mass is 1700 g/mol. The lowest BCUT2D eigenvalue weighted by atomic mass is 9.83. The molecule has 0 radical (unpaired) electrons. The smallest absolute Gasteiger partial charge is 0.280 e. The van der Waals surface area contributed by atoms with Gasteiger partial charge in [-0.25, -0.2) is 4.39 Å². The van der Waals surface area contributed by atoms with Gasteiger partial charge in [-0.1, -0.05) is 292 Å². The largest absolute Gasteiger partial charge is 0.370 e. The normalized spacial score (nSPS) is 19.1. The second-order valence-electron chi connectivity index (χ2n) is 34.4. The number of amides is 6. The summed E-state index contributed by atoms with van der Waals surface area (Å²) in [6.07, 6.45) is 13.3. The molecule has 5 fully saturated rings. The van der Waals surface area contributed by atoms with Crippen LogP contribution < -0.4 is 48.7 Å². The minimum absolute atomic E-state index is 0.00730. The summed E-state index contributed by atoms with van der Waals surface area (Å²) < 4.78 is 14.6. The van der Waals surface area contributed by atoms with Crippen molar-refractivity contribution in [2.75, 3.05) is 78.5 Å². The Labute approximate surface area is 747 Å². The van der Waals surface area contributed by atoms with Crippen molar-refractivity contribution in [1.82, 2.24) is 51.9 Å². The van der Waals surface area contributed by atoms with Gasteiger partial charge >= 0.3 is 0 Å². The Morgan fingerprint density at radius 1 is 0.417 bits per heavy atom. The number of benzene rings is 11. The fraction of sp³-hybridized carbons (Fsp3) is 0.336. The molecular weight excluding hydrogens is 1580 g/mol. The molecule has 127 heavy (non-hydrogen) atoms. The van der Waals surface area contributed by atoms with E-state index in [1.54, 1.807) is 24.3 Å². The van der Waals surface area contributed by atoms with E-state index >= 15 is 0 Å². The first-order valence-electron chi connectivity index (χ1n) is 45.6. The van der Waals surface area contributed by atoms with E-state index in [-0.39, 0.29) is 90.0 Å². The van der Waals surface area contributed by atoms with Crippen LogP contribution in [-0.2, 0) is 19.2 Å². The number of nitrogens with zero attached hydrogens (tertiary/aromatic N) is 4. The van der Waals surface area contributed by atoms with Crippen molar-refractivity contribution in [3.8, 4) is 0 Å². The molecule has 16 rings (SSSR count). The third kappa shape index (κ3) is 26.1. The van der Waals surface area contributed by atoms with Crippen LogP contribution in [0.15, 0.2) is 308 Å². The summed E-state index contributed by atoms with van der Waals surface area (Å²) >= 11 is 0. The van der Waals surface area contributed by atoms with Crippen molar-refractivity contribution in [2.45, 2.75) is 137 Å². The van der Waals surface area contributed by atoms with E-state index in [2.05, 4.69) is 185 Å². The standard InChI is InChI=1S/C37H42N4O2.C37H41N3O2.C33H39FN6O2/c42-36(32-16-15-28-9-7-8-14-31(28)24-32)39-25-33-19-22-41(37(43)35(40-33)23-27-17-20-38-21-18-27)26-34(29-10-3-1-4-11-29)30-12-5-2-6-13-30;41-36(32-21-20-27-12-10-11-19-31(27)24-32)38-25-33-22-23-40(37(42)35(39-33)30-17-8-3-9-18-30)26-34(28-13-4-1-5-14-28)29-15-6-2-7-16-29;34-29(21-24-11-4-1-5-12-24)31(41)38-22-27-18-20-40(32(42)30(39-27)17-10-19-37-33(35)36)23-28(25-13-6-2-7-14-25)26-15-8-3-9-16-26/h1-16,24,27,33-35,38,40H,17-23,25-26H2,(H,39,42);1-2,4-7,10-16,19-21,24,30,33-35,39H,3,8-9,17-18,22-23,25-26H2,(H,38,41);1-9,11-16,21,27-28,30,39H,10,17-20,22-23H2,(H,38,41)(H4,35,36,37)/b;;29-21-/t;;27-,30-/m..0/s1. The maximum atomic E-state index is 14.6. The van der Waals surface area contributed by atoms with Gasteiger partial charge in [-0.05, 0) is 180 Å². The van der Waals surface area contributed by atoms with E-state index in [1.165, 1.54) is 47.6 Å². The average molecular weight is 1710 g/mol. The van der Waals surface area contributed by atoms with Crippen LogP contribution in [0.3, 0.4) is 0 Å². The topological polar surface area (TPSA) is 261 Å². The summed E-state index contributed by atoms with van der Waals surface area (Å²) in [7, 11) is 0. The van der Waals surface area contributed by atoms with Gasteiger partial charge in [-0.2, -0.15) is 0 Å². The predicted octanol–water partition coefficient (Wildman–Crippen LogP) is 15.4. The number of carbonyl (C=O) groups is 6. The van der Waals surface area contributed by atoms with E-state index in [0.717, 1.165) is 90.7 Å². The zero-order valence-corrected chi connectivity index (χ0v) is 72.7. The van der Waals surface area contributed by atoms with Gasteiger partial charge in [0.05, 0.1) is 18.1 Å². The highest BCUT2D eigenvalue weighted by Crippen LogP contribution is 2.35. The molecular formula is C107H122FN13O6. The lowest BCUT2D eigenvalue weighted by molar-refractivity contribution is -0.135. The summed E-state index contributed by atoms with van der Waals surface area (Å²) in [6, 6.07) is 98.0. The molecule has 658 valence electrons. The molecule has 4 aliphatic heterocycles. The van der Waals surface area contributed by atoms with E-state index < -0.39 is 17.8 Å². The summed E-state index contributed by atoms with van der Waals surface area (Å²) in [5.74, 6) is -0.388. The van der Waals surface area contributed by atoms with Crippen molar-refractivity contribution >= 4 is 69.0 Å². The molecule has 6 atom stereocenters. The van der Waals surface area contributed by atoms with Gasteiger partial charge in [0.25, 0.3) is 17.7 Å². The van der Waals surface area contributed by atoms with Crippen LogP contribution in [0.2, 0.25) is 0 Å². The Bertz CT molecular complexity index is 5280. The Hall–Kier alpha value is -12.5. The molecule has 4 heterocycles. The number of halogens is 1. The second-order valence-corrected chi connectivity index (χ2v) is 34.4. The van der Waals surface area contributed by atoms with Gasteiger partial charge in [0.2, 0.25) is 17.7 Å². The number of carbonyl (C=O) groups excluding carboxylic acids is 6.